The molecule has 1 aliphatic rings. The van der Waals surface area contributed by atoms with Gasteiger partial charge in [0.15, 0.2) is 5.69 Å². The summed E-state index contributed by atoms with van der Waals surface area (Å²) in [5.41, 5.74) is 3.03. The van der Waals surface area contributed by atoms with Gasteiger partial charge in [-0.1, -0.05) is 30.3 Å². The number of carbonyl (C=O) groups excluding carboxylic acids is 1. The Morgan fingerprint density at radius 1 is 1.15 bits per heavy atom. The number of benzene rings is 2. The van der Waals surface area contributed by atoms with Crippen molar-refractivity contribution >= 4 is 5.91 Å². The molecule has 1 atom stereocenters. The van der Waals surface area contributed by atoms with Gasteiger partial charge in [-0.3, -0.25) is 4.79 Å². The molecule has 0 saturated carbocycles. The number of nitrogens with zero attached hydrogens (tertiary/aromatic N) is 3. The lowest BCUT2D eigenvalue weighted by Crippen LogP contribution is -2.29. The van der Waals surface area contributed by atoms with Crippen molar-refractivity contribution in [1.82, 2.24) is 14.7 Å². The number of amides is 1. The Bertz CT molecular complexity index is 935. The predicted octanol–water partition coefficient (Wildman–Crippen LogP) is 2.75. The Kier molecular flexibility index (Phi) is 4.64. The van der Waals surface area contributed by atoms with Crippen LogP contribution in [0.5, 0.6) is 5.75 Å². The van der Waals surface area contributed by atoms with Crippen molar-refractivity contribution in [3.8, 4) is 22.7 Å². The molecule has 0 spiro atoms. The highest BCUT2D eigenvalue weighted by Crippen LogP contribution is 2.26. The first-order valence-corrected chi connectivity index (χ1v) is 8.93. The zero-order chi connectivity index (χ0) is 18.8. The Hall–Kier alpha value is -3.12. The third-order valence-electron chi connectivity index (χ3n) is 4.77. The standard InChI is InChI=1S/C21H21N3O3/c1-27-18-9-7-16(8-10-18)24-20(15-5-3-2-4-6-15)13-19(22-24)21(26)23-12-11-17(25)14-23/h2-10,13,17,25H,11-12,14H2,1H3. The molecule has 1 amide bonds. The van der Waals surface area contributed by atoms with E-state index in [0.29, 0.717) is 25.2 Å². The number of aliphatic hydroxyl groups excluding tert-OH is 1. The number of hydrogen-bond donors (Lipinski definition) is 1. The van der Waals surface area contributed by atoms with Gasteiger partial charge in [0, 0.05) is 18.7 Å². The van der Waals surface area contributed by atoms with Gasteiger partial charge in [0.25, 0.3) is 5.91 Å². The minimum absolute atomic E-state index is 0.156. The second-order valence-electron chi connectivity index (χ2n) is 6.58. The van der Waals surface area contributed by atoms with Crippen LogP contribution in [-0.2, 0) is 0 Å². The monoisotopic (exact) mass is 363 g/mol. The zero-order valence-electron chi connectivity index (χ0n) is 15.1. The lowest BCUT2D eigenvalue weighted by Gasteiger charge is -2.13. The molecule has 0 bridgehead atoms. The van der Waals surface area contributed by atoms with Gasteiger partial charge in [-0.2, -0.15) is 5.10 Å². The van der Waals surface area contributed by atoms with E-state index in [1.165, 1.54) is 0 Å². The van der Waals surface area contributed by atoms with Crippen LogP contribution < -0.4 is 4.74 Å². The van der Waals surface area contributed by atoms with E-state index in [1.807, 2.05) is 60.7 Å². The van der Waals surface area contributed by atoms with Crippen LogP contribution in [0.15, 0.2) is 60.7 Å². The zero-order valence-corrected chi connectivity index (χ0v) is 15.1. The minimum atomic E-state index is -0.453. The summed E-state index contributed by atoms with van der Waals surface area (Å²) < 4.78 is 7.00. The molecule has 6 heteroatoms. The molecule has 1 aliphatic heterocycles. The van der Waals surface area contributed by atoms with Gasteiger partial charge in [-0.05, 0) is 36.8 Å². The summed E-state index contributed by atoms with van der Waals surface area (Å²) in [5, 5.41) is 14.3. The average Bonchev–Trinajstić information content (AvgIpc) is 3.35. The van der Waals surface area contributed by atoms with Gasteiger partial charge in [-0.25, -0.2) is 4.68 Å². The highest BCUT2D eigenvalue weighted by atomic mass is 16.5. The molecule has 27 heavy (non-hydrogen) atoms. The number of ether oxygens (including phenoxy) is 1. The van der Waals surface area contributed by atoms with E-state index in [2.05, 4.69) is 5.10 Å². The van der Waals surface area contributed by atoms with Gasteiger partial charge < -0.3 is 14.7 Å². The maximum Gasteiger partial charge on any atom is 0.274 e. The predicted molar refractivity (Wildman–Crippen MR) is 102 cm³/mol. The Balaban J connectivity index is 1.76. The van der Waals surface area contributed by atoms with Crippen LogP contribution in [0.1, 0.15) is 16.9 Å². The maximum atomic E-state index is 12.8. The number of aromatic nitrogens is 2. The first-order valence-electron chi connectivity index (χ1n) is 8.93. The summed E-state index contributed by atoms with van der Waals surface area (Å²) in [6.45, 7) is 0.908. The third kappa shape index (κ3) is 3.44. The Morgan fingerprint density at radius 3 is 2.52 bits per heavy atom. The van der Waals surface area contributed by atoms with Gasteiger partial charge in [-0.15, -0.1) is 0 Å². The van der Waals surface area contributed by atoms with Gasteiger partial charge in [0.1, 0.15) is 5.75 Å². The SMILES string of the molecule is COc1ccc(-n2nc(C(=O)N3CCC(O)C3)cc2-c2ccccc2)cc1. The maximum absolute atomic E-state index is 12.8. The average molecular weight is 363 g/mol. The lowest BCUT2D eigenvalue weighted by atomic mass is 10.1. The molecule has 1 saturated heterocycles. The fraction of sp³-hybridized carbons (Fsp3) is 0.238. The second kappa shape index (κ2) is 7.25. The van der Waals surface area contributed by atoms with E-state index < -0.39 is 6.10 Å². The van der Waals surface area contributed by atoms with Crippen molar-refractivity contribution in [2.75, 3.05) is 20.2 Å². The van der Waals surface area contributed by atoms with Crippen LogP contribution in [0, 0.1) is 0 Å². The molecule has 1 fully saturated rings. The van der Waals surface area contributed by atoms with Crippen molar-refractivity contribution in [2.24, 2.45) is 0 Å². The summed E-state index contributed by atoms with van der Waals surface area (Å²) in [6, 6.07) is 19.2. The smallest absolute Gasteiger partial charge is 0.274 e. The van der Waals surface area contributed by atoms with E-state index in [9.17, 15) is 9.90 Å². The Labute approximate surface area is 157 Å². The molecule has 3 aromatic rings. The van der Waals surface area contributed by atoms with Crippen LogP contribution in [0.25, 0.3) is 16.9 Å². The molecule has 1 aromatic heterocycles. The van der Waals surface area contributed by atoms with E-state index in [0.717, 1.165) is 22.7 Å². The van der Waals surface area contributed by atoms with E-state index in [4.69, 9.17) is 4.74 Å². The van der Waals surface area contributed by atoms with E-state index in [1.54, 1.807) is 16.7 Å². The topological polar surface area (TPSA) is 67.6 Å². The molecule has 2 heterocycles. The summed E-state index contributed by atoms with van der Waals surface area (Å²) >= 11 is 0. The number of β-amino-alcohol motifs (C(OH)–C–C–N with tert-alkyl or cyclic N) is 1. The lowest BCUT2D eigenvalue weighted by molar-refractivity contribution is 0.0758. The quantitative estimate of drug-likeness (QED) is 0.774. The van der Waals surface area contributed by atoms with Crippen LogP contribution >= 0.6 is 0 Å². The summed E-state index contributed by atoms with van der Waals surface area (Å²) in [6.07, 6.45) is 0.155. The molecular formula is C21H21N3O3. The number of likely N-dealkylation sites (tertiary alicyclic amines) is 1. The number of methoxy groups -OCH3 is 1. The molecule has 1 unspecified atom stereocenters. The third-order valence-corrected chi connectivity index (χ3v) is 4.77. The summed E-state index contributed by atoms with van der Waals surface area (Å²) in [5.74, 6) is 0.602. The Morgan fingerprint density at radius 2 is 1.89 bits per heavy atom. The highest BCUT2D eigenvalue weighted by Gasteiger charge is 2.28. The highest BCUT2D eigenvalue weighted by molar-refractivity contribution is 5.94. The second-order valence-corrected chi connectivity index (χ2v) is 6.58. The van der Waals surface area contributed by atoms with Crippen LogP contribution in [0.2, 0.25) is 0 Å². The first kappa shape index (κ1) is 17.3. The normalized spacial score (nSPS) is 16.5. The molecule has 6 nitrogen and oxygen atoms in total. The number of carbonyl (C=O) groups is 1. The molecule has 4 rings (SSSR count). The van der Waals surface area contributed by atoms with Crippen molar-refractivity contribution in [1.29, 1.82) is 0 Å². The molecular weight excluding hydrogens is 342 g/mol. The molecule has 0 radical (unpaired) electrons. The molecule has 138 valence electrons. The van der Waals surface area contributed by atoms with Crippen LogP contribution in [0.3, 0.4) is 0 Å². The summed E-state index contributed by atoms with van der Waals surface area (Å²) in [7, 11) is 1.62. The fourth-order valence-electron chi connectivity index (χ4n) is 3.31. The van der Waals surface area contributed by atoms with Gasteiger partial charge >= 0.3 is 0 Å². The van der Waals surface area contributed by atoms with Crippen molar-refractivity contribution in [2.45, 2.75) is 12.5 Å². The van der Waals surface area contributed by atoms with Gasteiger partial charge in [0.05, 0.1) is 24.6 Å². The molecule has 2 aromatic carbocycles. The van der Waals surface area contributed by atoms with Crippen LogP contribution in [0.4, 0.5) is 0 Å². The molecule has 1 N–H and O–H groups in total. The number of hydrogen-bond acceptors (Lipinski definition) is 4. The van der Waals surface area contributed by atoms with Gasteiger partial charge in [0.2, 0.25) is 0 Å². The largest absolute Gasteiger partial charge is 0.497 e. The van der Waals surface area contributed by atoms with Crippen LogP contribution in [-0.4, -0.2) is 52.0 Å². The minimum Gasteiger partial charge on any atom is -0.497 e. The van der Waals surface area contributed by atoms with Crippen molar-refractivity contribution in [3.05, 3.63) is 66.4 Å². The fourth-order valence-corrected chi connectivity index (χ4v) is 3.31. The van der Waals surface area contributed by atoms with Crippen molar-refractivity contribution < 1.29 is 14.6 Å². The molecule has 0 aliphatic carbocycles. The van der Waals surface area contributed by atoms with E-state index >= 15 is 0 Å². The first-order chi connectivity index (χ1) is 13.2. The number of aliphatic hydroxyl groups is 1. The summed E-state index contributed by atoms with van der Waals surface area (Å²) in [4.78, 5) is 14.5. The van der Waals surface area contributed by atoms with E-state index in [-0.39, 0.29) is 5.91 Å². The van der Waals surface area contributed by atoms with Crippen molar-refractivity contribution in [3.63, 3.8) is 0 Å². The number of rotatable bonds is 4.